The van der Waals surface area contributed by atoms with E-state index in [1.807, 2.05) is 17.0 Å². The average Bonchev–Trinajstić information content (AvgIpc) is 2.96. The second-order valence-electron chi connectivity index (χ2n) is 8.69. The highest BCUT2D eigenvalue weighted by Crippen LogP contribution is 2.39. The third-order valence-electron chi connectivity index (χ3n) is 6.35. The molecule has 1 aromatic heterocycles. The van der Waals surface area contributed by atoms with E-state index in [0.29, 0.717) is 12.2 Å². The summed E-state index contributed by atoms with van der Waals surface area (Å²) < 4.78 is 9.43. The van der Waals surface area contributed by atoms with Gasteiger partial charge in [0, 0.05) is 36.3 Å². The Kier molecular flexibility index (Phi) is 7.95. The van der Waals surface area contributed by atoms with E-state index in [1.54, 1.807) is 18.5 Å². The van der Waals surface area contributed by atoms with Crippen LogP contribution in [0.5, 0.6) is 0 Å². The number of nitrogens with one attached hydrogen (secondary N) is 1. The Labute approximate surface area is 218 Å². The van der Waals surface area contributed by atoms with Gasteiger partial charge in [0.2, 0.25) is 0 Å². The zero-order chi connectivity index (χ0) is 27.2. The number of nitro benzene ring substituents is 1. The van der Waals surface area contributed by atoms with Crippen molar-refractivity contribution in [2.24, 2.45) is 0 Å². The number of anilines is 2. The fourth-order valence-corrected chi connectivity index (χ4v) is 4.57. The van der Waals surface area contributed by atoms with Crippen molar-refractivity contribution >= 4 is 34.9 Å². The van der Waals surface area contributed by atoms with Crippen molar-refractivity contribution in [1.82, 2.24) is 4.98 Å². The first-order valence-electron chi connectivity index (χ1n) is 11.9. The molecule has 2 heterocycles. The molecule has 0 unspecified atom stereocenters. The van der Waals surface area contributed by atoms with E-state index >= 15 is 0 Å². The molecule has 3 aromatic rings. The minimum Gasteiger partial charge on any atom is -0.465 e. The van der Waals surface area contributed by atoms with Gasteiger partial charge in [0.1, 0.15) is 5.69 Å². The third kappa shape index (κ3) is 5.61. The molecule has 0 spiro atoms. The van der Waals surface area contributed by atoms with Crippen LogP contribution in [0.4, 0.5) is 17.1 Å². The van der Waals surface area contributed by atoms with Crippen molar-refractivity contribution in [3.63, 3.8) is 0 Å². The minimum absolute atomic E-state index is 0.0265. The number of piperidine rings is 1. The Morgan fingerprint density at radius 2 is 1.71 bits per heavy atom. The minimum atomic E-state index is -0.712. The number of amides is 1. The summed E-state index contributed by atoms with van der Waals surface area (Å²) >= 11 is 0. The summed E-state index contributed by atoms with van der Waals surface area (Å²) in [6.07, 6.45) is 6.14. The summed E-state index contributed by atoms with van der Waals surface area (Å²) in [5.74, 6) is -2.08. The molecule has 196 valence electrons. The maximum atomic E-state index is 13.1. The first-order valence-corrected chi connectivity index (χ1v) is 11.9. The quantitative estimate of drug-likeness (QED) is 0.271. The molecule has 4 rings (SSSR count). The van der Waals surface area contributed by atoms with Gasteiger partial charge in [0.05, 0.1) is 36.3 Å². The van der Waals surface area contributed by atoms with Crippen molar-refractivity contribution in [2.45, 2.75) is 25.3 Å². The molecule has 0 bridgehead atoms. The van der Waals surface area contributed by atoms with E-state index < -0.39 is 22.8 Å². The molecule has 2 aromatic carbocycles. The van der Waals surface area contributed by atoms with Crippen LogP contribution in [0.15, 0.2) is 60.9 Å². The van der Waals surface area contributed by atoms with E-state index in [9.17, 15) is 24.5 Å². The van der Waals surface area contributed by atoms with Gasteiger partial charge in [-0.2, -0.15) is 0 Å². The van der Waals surface area contributed by atoms with E-state index in [0.717, 1.165) is 24.8 Å². The van der Waals surface area contributed by atoms with Crippen LogP contribution in [-0.2, 0) is 9.47 Å². The van der Waals surface area contributed by atoms with Gasteiger partial charge >= 0.3 is 11.9 Å². The van der Waals surface area contributed by atoms with Crippen molar-refractivity contribution in [1.29, 1.82) is 0 Å². The Hall–Kier alpha value is -4.80. The van der Waals surface area contributed by atoms with Crippen molar-refractivity contribution in [3.05, 3.63) is 93.3 Å². The van der Waals surface area contributed by atoms with Gasteiger partial charge in [-0.05, 0) is 61.2 Å². The molecule has 0 radical (unpaired) electrons. The Morgan fingerprint density at radius 1 is 1.00 bits per heavy atom. The van der Waals surface area contributed by atoms with Gasteiger partial charge in [-0.15, -0.1) is 0 Å². The number of hydrogen-bond acceptors (Lipinski definition) is 9. The second kappa shape index (κ2) is 11.5. The summed E-state index contributed by atoms with van der Waals surface area (Å²) in [5, 5.41) is 14.7. The summed E-state index contributed by atoms with van der Waals surface area (Å²) in [4.78, 5) is 54.9. The van der Waals surface area contributed by atoms with Crippen LogP contribution < -0.4 is 10.2 Å². The van der Waals surface area contributed by atoms with Crippen LogP contribution in [0.25, 0.3) is 0 Å². The Bertz CT molecular complexity index is 1340. The summed E-state index contributed by atoms with van der Waals surface area (Å²) in [6.45, 7) is 0.628. The largest absolute Gasteiger partial charge is 0.465 e. The molecule has 0 aliphatic carbocycles. The molecule has 1 atom stereocenters. The van der Waals surface area contributed by atoms with Crippen LogP contribution in [0.3, 0.4) is 0 Å². The van der Waals surface area contributed by atoms with Crippen LogP contribution in [-0.4, -0.2) is 48.5 Å². The molecule has 11 heteroatoms. The van der Waals surface area contributed by atoms with Crippen LogP contribution in [0.1, 0.15) is 61.9 Å². The molecule has 0 saturated carbocycles. The number of benzene rings is 2. The van der Waals surface area contributed by atoms with Gasteiger partial charge < -0.3 is 19.7 Å². The lowest BCUT2D eigenvalue weighted by atomic mass is 9.95. The van der Waals surface area contributed by atoms with Gasteiger partial charge in [-0.25, -0.2) is 9.59 Å². The zero-order valence-electron chi connectivity index (χ0n) is 20.9. The molecule has 11 nitrogen and oxygen atoms in total. The van der Waals surface area contributed by atoms with Gasteiger partial charge in [-0.3, -0.25) is 19.9 Å². The molecule has 1 aliphatic rings. The lowest BCUT2D eigenvalue weighted by Crippen LogP contribution is -2.34. The normalized spacial score (nSPS) is 14.9. The number of esters is 2. The smallest absolute Gasteiger partial charge is 0.337 e. The van der Waals surface area contributed by atoms with Crippen LogP contribution in [0.2, 0.25) is 0 Å². The lowest BCUT2D eigenvalue weighted by molar-refractivity contribution is -0.384. The van der Waals surface area contributed by atoms with Crippen LogP contribution in [0, 0.1) is 10.1 Å². The summed E-state index contributed by atoms with van der Waals surface area (Å²) in [6, 6.07) is 12.0. The number of hydrogen-bond donors (Lipinski definition) is 1. The highest BCUT2D eigenvalue weighted by atomic mass is 16.6. The van der Waals surface area contributed by atoms with Crippen molar-refractivity contribution < 1.29 is 28.8 Å². The SMILES string of the molecule is COC(=O)c1cc(NC(=O)c2ccc(N3CCCC[C@H]3c3cccnc3)c([N+](=O)[O-])c2)cc(C(=O)OC)c1. The molecule has 1 N–H and O–H groups in total. The number of rotatable bonds is 7. The molecule has 1 amide bonds. The van der Waals surface area contributed by atoms with E-state index in [4.69, 9.17) is 9.47 Å². The zero-order valence-corrected chi connectivity index (χ0v) is 20.9. The Morgan fingerprint density at radius 3 is 2.32 bits per heavy atom. The maximum absolute atomic E-state index is 13.1. The number of methoxy groups -OCH3 is 2. The van der Waals surface area contributed by atoms with Gasteiger partial charge in [0.25, 0.3) is 11.6 Å². The Balaban J connectivity index is 1.66. The molecule has 1 saturated heterocycles. The number of pyridine rings is 1. The standard InChI is InChI=1S/C27H26N4O7/c1-37-26(33)19-12-20(27(34)38-2)14-21(13-19)29-25(32)17-8-9-23(24(15-17)31(35)36)30-11-4-3-7-22(30)18-6-5-10-28-16-18/h5-6,8-10,12-16,22H,3-4,7,11H2,1-2H3,(H,29,32)/t22-/m0/s1. The van der Waals surface area contributed by atoms with Gasteiger partial charge in [0.15, 0.2) is 0 Å². The first kappa shape index (κ1) is 26.3. The number of nitro groups is 1. The summed E-state index contributed by atoms with van der Waals surface area (Å²) in [7, 11) is 2.38. The number of ether oxygens (including phenoxy) is 2. The molecular formula is C27H26N4O7. The maximum Gasteiger partial charge on any atom is 0.337 e. The van der Waals surface area contributed by atoms with Gasteiger partial charge in [-0.1, -0.05) is 6.07 Å². The topological polar surface area (TPSA) is 141 Å². The van der Waals surface area contributed by atoms with E-state index in [-0.39, 0.29) is 34.1 Å². The molecule has 1 fully saturated rings. The highest BCUT2D eigenvalue weighted by Gasteiger charge is 2.30. The van der Waals surface area contributed by atoms with E-state index in [2.05, 4.69) is 10.3 Å². The van der Waals surface area contributed by atoms with Crippen molar-refractivity contribution in [3.8, 4) is 0 Å². The molecular weight excluding hydrogens is 492 g/mol. The first-order chi connectivity index (χ1) is 18.3. The van der Waals surface area contributed by atoms with E-state index in [1.165, 1.54) is 44.6 Å². The number of carbonyl (C=O) groups excluding carboxylic acids is 3. The molecule has 1 aliphatic heterocycles. The fraction of sp³-hybridized carbons (Fsp3) is 0.259. The van der Waals surface area contributed by atoms with Crippen LogP contribution >= 0.6 is 0 Å². The second-order valence-corrected chi connectivity index (χ2v) is 8.69. The average molecular weight is 519 g/mol. The fourth-order valence-electron chi connectivity index (χ4n) is 4.57. The predicted molar refractivity (Wildman–Crippen MR) is 138 cm³/mol. The summed E-state index contributed by atoms with van der Waals surface area (Å²) in [5.41, 5.74) is 1.40. The number of carbonyl (C=O) groups is 3. The predicted octanol–water partition coefficient (Wildman–Crippen LogP) is 4.55. The third-order valence-corrected chi connectivity index (χ3v) is 6.35. The number of nitrogens with zero attached hydrogens (tertiary/aromatic N) is 3. The van der Waals surface area contributed by atoms with Crippen molar-refractivity contribution in [2.75, 3.05) is 31.0 Å². The highest BCUT2D eigenvalue weighted by molar-refractivity contribution is 6.06. The number of aromatic nitrogens is 1. The lowest BCUT2D eigenvalue weighted by Gasteiger charge is -2.37. The molecule has 38 heavy (non-hydrogen) atoms. The monoisotopic (exact) mass is 518 g/mol.